The van der Waals surface area contributed by atoms with Crippen LogP contribution in [0.3, 0.4) is 0 Å². The molecule has 78 valence electrons. The normalized spacial score (nSPS) is 12.0. The molecule has 0 unspecified atom stereocenters. The molecule has 1 heterocycles. The summed E-state index contributed by atoms with van der Waals surface area (Å²) in [5.74, 6) is 0. The van der Waals surface area contributed by atoms with Crippen molar-refractivity contribution in [1.29, 1.82) is 0 Å². The van der Waals surface area contributed by atoms with Crippen LogP contribution in [0.5, 0.6) is 0 Å². The quantitative estimate of drug-likeness (QED) is 0.460. The van der Waals surface area contributed by atoms with Gasteiger partial charge in [0.1, 0.15) is 0 Å². The Bertz CT molecular complexity index is 593. The minimum atomic E-state index is -0.364. The molecule has 1 aromatic carbocycles. The SMILES string of the molecule is O=[N+]([O-])c1ccc2c(c1)Cc1cccnc1-2. The van der Waals surface area contributed by atoms with Crippen molar-refractivity contribution in [3.63, 3.8) is 0 Å². The van der Waals surface area contributed by atoms with Crippen molar-refractivity contribution in [2.45, 2.75) is 6.42 Å². The van der Waals surface area contributed by atoms with Gasteiger partial charge in [0.15, 0.2) is 0 Å². The minimum Gasteiger partial charge on any atom is -0.258 e. The first kappa shape index (κ1) is 9.03. The van der Waals surface area contributed by atoms with Gasteiger partial charge in [-0.05, 0) is 23.3 Å². The fourth-order valence-electron chi connectivity index (χ4n) is 2.10. The van der Waals surface area contributed by atoms with Crippen LogP contribution in [0.25, 0.3) is 11.3 Å². The van der Waals surface area contributed by atoms with E-state index in [1.54, 1.807) is 18.3 Å². The van der Waals surface area contributed by atoms with Crippen molar-refractivity contribution in [1.82, 2.24) is 4.98 Å². The Hall–Kier alpha value is -2.23. The third-order valence-corrected chi connectivity index (χ3v) is 2.83. The van der Waals surface area contributed by atoms with Crippen LogP contribution in [0.15, 0.2) is 36.5 Å². The van der Waals surface area contributed by atoms with E-state index in [2.05, 4.69) is 4.98 Å². The predicted octanol–water partition coefficient (Wildman–Crippen LogP) is 2.56. The van der Waals surface area contributed by atoms with Crippen LogP contribution >= 0.6 is 0 Å². The van der Waals surface area contributed by atoms with Gasteiger partial charge < -0.3 is 0 Å². The van der Waals surface area contributed by atoms with Crippen LogP contribution in [0, 0.1) is 10.1 Å². The van der Waals surface area contributed by atoms with Gasteiger partial charge in [0.05, 0.1) is 10.6 Å². The lowest BCUT2D eigenvalue weighted by atomic mass is 10.1. The summed E-state index contributed by atoms with van der Waals surface area (Å²) < 4.78 is 0. The van der Waals surface area contributed by atoms with E-state index in [0.29, 0.717) is 0 Å². The number of pyridine rings is 1. The number of non-ortho nitro benzene ring substituents is 1. The Kier molecular flexibility index (Phi) is 1.77. The fourth-order valence-corrected chi connectivity index (χ4v) is 2.10. The second kappa shape index (κ2) is 3.13. The van der Waals surface area contributed by atoms with Crippen LogP contribution in [0.1, 0.15) is 11.1 Å². The maximum absolute atomic E-state index is 10.7. The molecule has 0 aliphatic heterocycles. The Balaban J connectivity index is 2.18. The lowest BCUT2D eigenvalue weighted by Gasteiger charge is -1.98. The summed E-state index contributed by atoms with van der Waals surface area (Å²) in [4.78, 5) is 14.6. The van der Waals surface area contributed by atoms with E-state index in [4.69, 9.17) is 0 Å². The number of nitro benzene ring substituents is 1. The topological polar surface area (TPSA) is 56.0 Å². The molecule has 0 radical (unpaired) electrons. The molecule has 0 fully saturated rings. The molecule has 3 rings (SSSR count). The summed E-state index contributed by atoms with van der Waals surface area (Å²) in [6, 6.07) is 8.85. The van der Waals surface area contributed by atoms with Gasteiger partial charge in [0.2, 0.25) is 0 Å². The highest BCUT2D eigenvalue weighted by Crippen LogP contribution is 2.36. The van der Waals surface area contributed by atoms with Crippen molar-refractivity contribution >= 4 is 5.69 Å². The summed E-state index contributed by atoms with van der Waals surface area (Å²) in [5.41, 5.74) is 4.24. The zero-order valence-corrected chi connectivity index (χ0v) is 8.38. The molecule has 2 aromatic rings. The number of rotatable bonds is 1. The molecule has 16 heavy (non-hydrogen) atoms. The molecule has 1 aromatic heterocycles. The molecule has 0 bridgehead atoms. The number of benzene rings is 1. The van der Waals surface area contributed by atoms with Crippen molar-refractivity contribution in [3.8, 4) is 11.3 Å². The average Bonchev–Trinajstić information content (AvgIpc) is 2.66. The molecule has 1 aliphatic rings. The van der Waals surface area contributed by atoms with Gasteiger partial charge in [-0.1, -0.05) is 6.07 Å². The number of hydrogen-bond donors (Lipinski definition) is 0. The molecular weight excluding hydrogens is 204 g/mol. The standard InChI is InChI=1S/C12H8N2O2/c15-14(16)10-3-4-11-9(7-10)6-8-2-1-5-13-12(8)11/h1-5,7H,6H2. The first-order valence-corrected chi connectivity index (χ1v) is 4.97. The van der Waals surface area contributed by atoms with Crippen LogP contribution in [-0.4, -0.2) is 9.91 Å². The third-order valence-electron chi connectivity index (χ3n) is 2.83. The van der Waals surface area contributed by atoms with Crippen molar-refractivity contribution in [2.24, 2.45) is 0 Å². The summed E-state index contributed by atoms with van der Waals surface area (Å²) in [7, 11) is 0. The number of hydrogen-bond acceptors (Lipinski definition) is 3. The molecule has 1 aliphatic carbocycles. The summed E-state index contributed by atoms with van der Waals surface area (Å²) in [5, 5.41) is 10.7. The molecule has 0 saturated carbocycles. The number of fused-ring (bicyclic) bond motifs is 3. The van der Waals surface area contributed by atoms with E-state index in [-0.39, 0.29) is 10.6 Å². The van der Waals surface area contributed by atoms with Crippen molar-refractivity contribution in [3.05, 3.63) is 57.8 Å². The van der Waals surface area contributed by atoms with Gasteiger partial charge in [0.25, 0.3) is 5.69 Å². The van der Waals surface area contributed by atoms with Gasteiger partial charge in [0, 0.05) is 30.3 Å². The molecule has 4 nitrogen and oxygen atoms in total. The van der Waals surface area contributed by atoms with Gasteiger partial charge in [-0.25, -0.2) is 0 Å². The van der Waals surface area contributed by atoms with E-state index in [1.165, 1.54) is 6.07 Å². The van der Waals surface area contributed by atoms with Crippen LogP contribution < -0.4 is 0 Å². The van der Waals surface area contributed by atoms with E-state index in [9.17, 15) is 10.1 Å². The molecule has 4 heteroatoms. The first-order valence-electron chi connectivity index (χ1n) is 4.97. The van der Waals surface area contributed by atoms with Crippen LogP contribution in [0.2, 0.25) is 0 Å². The first-order chi connectivity index (χ1) is 7.75. The maximum Gasteiger partial charge on any atom is 0.269 e. The third kappa shape index (κ3) is 1.20. The summed E-state index contributed by atoms with van der Waals surface area (Å²) in [6.45, 7) is 0. The van der Waals surface area contributed by atoms with E-state index >= 15 is 0 Å². The lowest BCUT2D eigenvalue weighted by Crippen LogP contribution is -1.89. The van der Waals surface area contributed by atoms with Crippen molar-refractivity contribution in [2.75, 3.05) is 0 Å². The molecular formula is C12H8N2O2. The Morgan fingerprint density at radius 1 is 1.25 bits per heavy atom. The fraction of sp³-hybridized carbons (Fsp3) is 0.0833. The van der Waals surface area contributed by atoms with Crippen LogP contribution in [-0.2, 0) is 6.42 Å². The number of aromatic nitrogens is 1. The summed E-state index contributed by atoms with van der Waals surface area (Å²) in [6.07, 6.45) is 2.48. The van der Waals surface area contributed by atoms with Gasteiger partial charge >= 0.3 is 0 Å². The highest BCUT2D eigenvalue weighted by molar-refractivity contribution is 5.74. The molecule has 0 atom stereocenters. The van der Waals surface area contributed by atoms with Crippen LogP contribution in [0.4, 0.5) is 5.69 Å². The Morgan fingerprint density at radius 3 is 2.94 bits per heavy atom. The maximum atomic E-state index is 10.7. The number of nitrogens with zero attached hydrogens (tertiary/aromatic N) is 2. The lowest BCUT2D eigenvalue weighted by molar-refractivity contribution is -0.384. The molecule has 0 saturated heterocycles. The van der Waals surface area contributed by atoms with Gasteiger partial charge in [-0.15, -0.1) is 0 Å². The predicted molar refractivity (Wildman–Crippen MR) is 59.1 cm³/mol. The van der Waals surface area contributed by atoms with E-state index in [1.807, 2.05) is 12.1 Å². The summed E-state index contributed by atoms with van der Waals surface area (Å²) >= 11 is 0. The van der Waals surface area contributed by atoms with Gasteiger partial charge in [-0.2, -0.15) is 0 Å². The highest BCUT2D eigenvalue weighted by atomic mass is 16.6. The Morgan fingerprint density at radius 2 is 2.12 bits per heavy atom. The molecule has 0 spiro atoms. The minimum absolute atomic E-state index is 0.145. The molecule has 0 amide bonds. The van der Waals surface area contributed by atoms with Gasteiger partial charge in [-0.3, -0.25) is 15.1 Å². The second-order valence-electron chi connectivity index (χ2n) is 3.79. The Labute approximate surface area is 91.7 Å². The van der Waals surface area contributed by atoms with E-state index in [0.717, 1.165) is 28.8 Å². The van der Waals surface area contributed by atoms with Crippen molar-refractivity contribution < 1.29 is 4.92 Å². The number of nitro groups is 1. The monoisotopic (exact) mass is 212 g/mol. The highest BCUT2D eigenvalue weighted by Gasteiger charge is 2.21. The largest absolute Gasteiger partial charge is 0.269 e. The zero-order valence-electron chi connectivity index (χ0n) is 8.38. The average molecular weight is 212 g/mol. The van der Waals surface area contributed by atoms with E-state index < -0.39 is 0 Å². The second-order valence-corrected chi connectivity index (χ2v) is 3.79. The molecule has 0 N–H and O–H groups in total. The zero-order chi connectivity index (χ0) is 11.1. The smallest absolute Gasteiger partial charge is 0.258 e.